The maximum Gasteiger partial charge on any atom is 2.00 e. The molecule has 7 heavy (non-hydrogen) atoms. The van der Waals surface area contributed by atoms with Crippen LogP contribution in [0.3, 0.4) is 0 Å². The van der Waals surface area contributed by atoms with E-state index in [9.17, 15) is 0 Å². The Kier molecular flexibility index (Phi) is 23.6. The molecule has 40 valence electrons. The molecule has 2 heteroatoms. The van der Waals surface area contributed by atoms with Gasteiger partial charge in [-0.25, -0.2) is 0 Å². The predicted octanol–water partition coefficient (Wildman–Crippen LogP) is -1.51. The van der Waals surface area contributed by atoms with Crippen molar-refractivity contribution >= 4 is 23.1 Å². The van der Waals surface area contributed by atoms with Crippen molar-refractivity contribution in [2.45, 2.75) is 20.3 Å². The molecular formula is C5H11IMg. The second-order valence-electron chi connectivity index (χ2n) is 1.68. The molecule has 0 aliphatic heterocycles. The van der Waals surface area contributed by atoms with Gasteiger partial charge in [-0.3, -0.25) is 0 Å². The van der Waals surface area contributed by atoms with Crippen LogP contribution in [0.4, 0.5) is 0 Å². The Balaban J connectivity index is -0.0000000800. The first-order chi connectivity index (χ1) is 2.27. The summed E-state index contributed by atoms with van der Waals surface area (Å²) in [5.41, 5.74) is 0. The van der Waals surface area contributed by atoms with Crippen molar-refractivity contribution < 1.29 is 24.0 Å². The van der Waals surface area contributed by atoms with Crippen molar-refractivity contribution in [1.82, 2.24) is 0 Å². The van der Waals surface area contributed by atoms with E-state index in [2.05, 4.69) is 20.8 Å². The van der Waals surface area contributed by atoms with Gasteiger partial charge in [0, 0.05) is 0 Å². The van der Waals surface area contributed by atoms with E-state index in [0.717, 1.165) is 12.3 Å². The molecule has 0 radical (unpaired) electrons. The molecule has 0 nitrogen and oxygen atoms in total. The predicted molar refractivity (Wildman–Crippen MR) is 30.6 cm³/mol. The summed E-state index contributed by atoms with van der Waals surface area (Å²) in [5, 5.41) is 0. The van der Waals surface area contributed by atoms with E-state index >= 15 is 0 Å². The Hall–Kier alpha value is 1.50. The van der Waals surface area contributed by atoms with Gasteiger partial charge in [-0.2, -0.15) is 6.42 Å². The van der Waals surface area contributed by atoms with Crippen molar-refractivity contribution in [2.24, 2.45) is 5.92 Å². The SMILES string of the molecule is [CH2-]CC(C)C.[I-].[Mg+2]. The standard InChI is InChI=1S/C5H11.HI.Mg/c1-4-5(2)3;;/h5H,1,4H2,2-3H3;1H;/q-1;;+2/p-1. The van der Waals surface area contributed by atoms with Crippen LogP contribution < -0.4 is 24.0 Å². The van der Waals surface area contributed by atoms with E-state index in [1.807, 2.05) is 0 Å². The summed E-state index contributed by atoms with van der Waals surface area (Å²) in [7, 11) is 0. The van der Waals surface area contributed by atoms with Crippen molar-refractivity contribution in [3.8, 4) is 0 Å². The molecular weight excluding hydrogens is 211 g/mol. The first kappa shape index (κ1) is 15.8. The average Bonchev–Trinajstić information content (AvgIpc) is 1.38. The largest absolute Gasteiger partial charge is 2.00 e. The molecule has 0 N–H and O–H groups in total. The Labute approximate surface area is 79.6 Å². The van der Waals surface area contributed by atoms with E-state index in [-0.39, 0.29) is 47.0 Å². The van der Waals surface area contributed by atoms with Crippen molar-refractivity contribution in [2.75, 3.05) is 0 Å². The molecule has 0 aromatic carbocycles. The fourth-order valence-electron chi connectivity index (χ4n) is 0. The van der Waals surface area contributed by atoms with E-state index in [1.54, 1.807) is 0 Å². The third-order valence-electron chi connectivity index (χ3n) is 0.577. The fourth-order valence-corrected chi connectivity index (χ4v) is 0. The molecule has 0 spiro atoms. The molecule has 0 saturated carbocycles. The fraction of sp³-hybridized carbons (Fsp3) is 0.800. The molecule has 0 unspecified atom stereocenters. The summed E-state index contributed by atoms with van der Waals surface area (Å²) < 4.78 is 0. The van der Waals surface area contributed by atoms with Crippen LogP contribution in [0.15, 0.2) is 0 Å². The minimum atomic E-state index is 0. The van der Waals surface area contributed by atoms with E-state index in [0.29, 0.717) is 0 Å². The second kappa shape index (κ2) is 10.5. The Morgan fingerprint density at radius 2 is 1.57 bits per heavy atom. The molecule has 0 rings (SSSR count). The summed E-state index contributed by atoms with van der Waals surface area (Å²) in [6, 6.07) is 0. The summed E-state index contributed by atoms with van der Waals surface area (Å²) in [5.74, 6) is 0.773. The molecule has 0 heterocycles. The van der Waals surface area contributed by atoms with E-state index in [4.69, 9.17) is 0 Å². The molecule has 0 atom stereocenters. The van der Waals surface area contributed by atoms with Gasteiger partial charge in [-0.1, -0.05) is 19.8 Å². The maximum atomic E-state index is 3.69. The van der Waals surface area contributed by atoms with E-state index in [1.165, 1.54) is 0 Å². The number of hydrogen-bond donors (Lipinski definition) is 0. The normalized spacial score (nSPS) is 6.86. The third-order valence-corrected chi connectivity index (χ3v) is 0.577. The van der Waals surface area contributed by atoms with Crippen LogP contribution in [-0.4, -0.2) is 23.1 Å². The van der Waals surface area contributed by atoms with Crippen LogP contribution in [0.2, 0.25) is 0 Å². The summed E-state index contributed by atoms with van der Waals surface area (Å²) >= 11 is 0. The zero-order chi connectivity index (χ0) is 4.28. The van der Waals surface area contributed by atoms with Gasteiger partial charge in [-0.05, 0) is 0 Å². The van der Waals surface area contributed by atoms with Crippen LogP contribution in [0.25, 0.3) is 0 Å². The van der Waals surface area contributed by atoms with Crippen LogP contribution in [0, 0.1) is 12.8 Å². The molecule has 0 saturated heterocycles. The first-order valence-corrected chi connectivity index (χ1v) is 2.06. The quantitative estimate of drug-likeness (QED) is 0.287. The Morgan fingerprint density at radius 3 is 1.57 bits per heavy atom. The van der Waals surface area contributed by atoms with Gasteiger partial charge in [0.05, 0.1) is 0 Å². The number of hydrogen-bond acceptors (Lipinski definition) is 0. The molecule has 0 aromatic heterocycles. The third kappa shape index (κ3) is 18.5. The van der Waals surface area contributed by atoms with Gasteiger partial charge in [0.25, 0.3) is 0 Å². The number of halogens is 1. The summed E-state index contributed by atoms with van der Waals surface area (Å²) in [6.45, 7) is 8.00. The minimum absolute atomic E-state index is 0. The molecule has 0 aliphatic rings. The van der Waals surface area contributed by atoms with Crippen LogP contribution in [0.5, 0.6) is 0 Å². The monoisotopic (exact) mass is 222 g/mol. The van der Waals surface area contributed by atoms with Gasteiger partial charge in [-0.15, -0.1) is 0 Å². The molecule has 0 bridgehead atoms. The van der Waals surface area contributed by atoms with Gasteiger partial charge >= 0.3 is 23.1 Å². The zero-order valence-electron chi connectivity index (χ0n) is 5.08. The topological polar surface area (TPSA) is 0 Å². The van der Waals surface area contributed by atoms with Crippen LogP contribution in [-0.2, 0) is 0 Å². The summed E-state index contributed by atoms with van der Waals surface area (Å²) in [6.07, 6.45) is 1.06. The van der Waals surface area contributed by atoms with Crippen LogP contribution >= 0.6 is 0 Å². The summed E-state index contributed by atoms with van der Waals surface area (Å²) in [4.78, 5) is 0. The second-order valence-corrected chi connectivity index (χ2v) is 1.68. The maximum absolute atomic E-state index is 3.69. The van der Waals surface area contributed by atoms with Crippen LogP contribution in [0.1, 0.15) is 20.3 Å². The van der Waals surface area contributed by atoms with Gasteiger partial charge in [0.1, 0.15) is 0 Å². The van der Waals surface area contributed by atoms with Gasteiger partial charge < -0.3 is 30.9 Å². The molecule has 0 fully saturated rings. The zero-order valence-corrected chi connectivity index (χ0v) is 8.65. The van der Waals surface area contributed by atoms with Gasteiger partial charge in [0.2, 0.25) is 0 Å². The minimum Gasteiger partial charge on any atom is -1.00 e. The smallest absolute Gasteiger partial charge is 1.00 e. The van der Waals surface area contributed by atoms with E-state index < -0.39 is 0 Å². The van der Waals surface area contributed by atoms with Gasteiger partial charge in [0.15, 0.2) is 0 Å². The Bertz CT molecular complexity index is 22.0. The number of rotatable bonds is 1. The molecule has 0 aliphatic carbocycles. The first-order valence-electron chi connectivity index (χ1n) is 2.06. The van der Waals surface area contributed by atoms with Crippen molar-refractivity contribution in [1.29, 1.82) is 0 Å². The van der Waals surface area contributed by atoms with Crippen molar-refractivity contribution in [3.05, 3.63) is 6.92 Å². The molecule has 0 aromatic rings. The molecule has 0 amide bonds. The average molecular weight is 222 g/mol. The van der Waals surface area contributed by atoms with Crippen molar-refractivity contribution in [3.63, 3.8) is 0 Å². The Morgan fingerprint density at radius 1 is 1.43 bits per heavy atom.